The van der Waals surface area contributed by atoms with Crippen LogP contribution in [-0.2, 0) is 9.53 Å². The monoisotopic (exact) mass is 367 g/mol. The van der Waals surface area contributed by atoms with Crippen LogP contribution in [0.2, 0.25) is 0 Å². The standard InChI is InChI=1S/C18H19NO6.Na/c20-13-14(21)16(18(23)24)25-17(15(13)22)19-12-8-6-11(7-9-12)10-4-2-1-3-5-10;/h1-9,13-17,19-22H,(H,23,24);/q;+1/p-1/t13-,14-,15-,16?,17+;/m0./s1. The van der Waals surface area contributed by atoms with E-state index in [2.05, 4.69) is 5.32 Å². The Morgan fingerprint density at radius 1 is 0.885 bits per heavy atom. The fourth-order valence-corrected chi connectivity index (χ4v) is 2.75. The van der Waals surface area contributed by atoms with Gasteiger partial charge in [-0.3, -0.25) is 0 Å². The summed E-state index contributed by atoms with van der Waals surface area (Å²) in [5.74, 6) is -1.66. The van der Waals surface area contributed by atoms with E-state index in [1.165, 1.54) is 0 Å². The van der Waals surface area contributed by atoms with Crippen molar-refractivity contribution in [1.29, 1.82) is 0 Å². The van der Waals surface area contributed by atoms with Gasteiger partial charge in [0, 0.05) is 5.69 Å². The maximum Gasteiger partial charge on any atom is 1.00 e. The Labute approximate surface area is 172 Å². The third-order valence-electron chi connectivity index (χ3n) is 4.15. The molecule has 0 radical (unpaired) electrons. The van der Waals surface area contributed by atoms with Crippen molar-refractivity contribution in [2.24, 2.45) is 0 Å². The third-order valence-corrected chi connectivity index (χ3v) is 4.15. The quantitative estimate of drug-likeness (QED) is 0.411. The molecule has 5 atom stereocenters. The molecule has 1 fully saturated rings. The fourth-order valence-electron chi connectivity index (χ4n) is 2.75. The molecule has 8 heteroatoms. The van der Waals surface area contributed by atoms with Gasteiger partial charge in [0.1, 0.15) is 24.4 Å². The summed E-state index contributed by atoms with van der Waals surface area (Å²) < 4.78 is 5.13. The molecule has 4 N–H and O–H groups in total. The first kappa shape index (κ1) is 20.9. The second kappa shape index (κ2) is 8.96. The van der Waals surface area contributed by atoms with E-state index >= 15 is 0 Å². The van der Waals surface area contributed by atoms with E-state index in [0.717, 1.165) is 11.1 Å². The number of carboxylic acids is 1. The Bertz CT molecular complexity index is 726. The number of aliphatic hydroxyl groups excluding tert-OH is 3. The number of aliphatic carboxylic acids is 1. The van der Waals surface area contributed by atoms with Crippen LogP contribution in [0.1, 0.15) is 0 Å². The molecular formula is C18H18NNaO6. The summed E-state index contributed by atoms with van der Waals surface area (Å²) in [7, 11) is 0. The summed E-state index contributed by atoms with van der Waals surface area (Å²) in [5, 5.41) is 43.2. The van der Waals surface area contributed by atoms with Crippen molar-refractivity contribution in [3.05, 3.63) is 54.6 Å². The van der Waals surface area contributed by atoms with Gasteiger partial charge < -0.3 is 35.3 Å². The zero-order chi connectivity index (χ0) is 18.0. The van der Waals surface area contributed by atoms with Gasteiger partial charge in [-0.2, -0.15) is 0 Å². The fraction of sp³-hybridized carbons (Fsp3) is 0.278. The first-order valence-electron chi connectivity index (χ1n) is 7.80. The van der Waals surface area contributed by atoms with Crippen molar-refractivity contribution in [3.63, 3.8) is 0 Å². The molecule has 132 valence electrons. The number of ether oxygens (including phenoxy) is 1. The van der Waals surface area contributed by atoms with Crippen molar-refractivity contribution in [2.75, 3.05) is 5.32 Å². The summed E-state index contributed by atoms with van der Waals surface area (Å²) in [6.45, 7) is 0. The minimum atomic E-state index is -1.77. The van der Waals surface area contributed by atoms with Crippen LogP contribution in [0.5, 0.6) is 0 Å². The molecule has 0 aliphatic carbocycles. The van der Waals surface area contributed by atoms with Crippen LogP contribution in [0.25, 0.3) is 11.1 Å². The van der Waals surface area contributed by atoms with Gasteiger partial charge in [-0.25, -0.2) is 0 Å². The SMILES string of the molecule is O=C([O-])C1O[C@@H](Nc2ccc(-c3ccccc3)cc2)[C@@H](O)[C@@H](O)[C@@H]1O.[Na+]. The first-order chi connectivity index (χ1) is 12.0. The van der Waals surface area contributed by atoms with Crippen molar-refractivity contribution in [3.8, 4) is 11.1 Å². The minimum Gasteiger partial charge on any atom is -0.547 e. The van der Waals surface area contributed by atoms with Gasteiger partial charge in [0.15, 0.2) is 6.23 Å². The smallest absolute Gasteiger partial charge is 0.547 e. The van der Waals surface area contributed by atoms with Crippen LogP contribution < -0.4 is 40.0 Å². The van der Waals surface area contributed by atoms with E-state index in [1.54, 1.807) is 12.1 Å². The van der Waals surface area contributed by atoms with Gasteiger partial charge in [-0.05, 0) is 23.3 Å². The summed E-state index contributed by atoms with van der Waals surface area (Å²) >= 11 is 0. The number of rotatable bonds is 4. The van der Waals surface area contributed by atoms with Crippen molar-refractivity contribution >= 4 is 11.7 Å². The van der Waals surface area contributed by atoms with Crippen LogP contribution in [0.3, 0.4) is 0 Å². The molecule has 3 rings (SSSR count). The molecule has 1 aliphatic heterocycles. The van der Waals surface area contributed by atoms with Gasteiger partial charge in [0.2, 0.25) is 0 Å². The molecule has 1 heterocycles. The van der Waals surface area contributed by atoms with Gasteiger partial charge in [-0.1, -0.05) is 42.5 Å². The predicted molar refractivity (Wildman–Crippen MR) is 87.2 cm³/mol. The molecule has 7 nitrogen and oxygen atoms in total. The number of carbonyl (C=O) groups is 1. The van der Waals surface area contributed by atoms with Gasteiger partial charge in [-0.15, -0.1) is 0 Å². The Morgan fingerprint density at radius 2 is 1.46 bits per heavy atom. The normalized spacial score (nSPS) is 28.0. The van der Waals surface area contributed by atoms with E-state index < -0.39 is 36.6 Å². The first-order valence-corrected chi connectivity index (χ1v) is 7.80. The van der Waals surface area contributed by atoms with E-state index in [1.807, 2.05) is 42.5 Å². The van der Waals surface area contributed by atoms with Gasteiger partial charge in [0.25, 0.3) is 0 Å². The van der Waals surface area contributed by atoms with Gasteiger partial charge in [0.05, 0.1) is 5.97 Å². The van der Waals surface area contributed by atoms with E-state index in [9.17, 15) is 25.2 Å². The maximum absolute atomic E-state index is 11.0. The molecule has 2 aromatic rings. The Morgan fingerprint density at radius 3 is 2.04 bits per heavy atom. The van der Waals surface area contributed by atoms with Crippen LogP contribution in [0.4, 0.5) is 5.69 Å². The van der Waals surface area contributed by atoms with E-state index in [4.69, 9.17) is 4.74 Å². The second-order valence-electron chi connectivity index (χ2n) is 5.86. The van der Waals surface area contributed by atoms with Crippen molar-refractivity contribution in [2.45, 2.75) is 30.6 Å². The predicted octanol–water partition coefficient (Wildman–Crippen LogP) is -3.67. The molecule has 2 aromatic carbocycles. The van der Waals surface area contributed by atoms with Crippen LogP contribution in [-0.4, -0.2) is 51.9 Å². The molecule has 1 unspecified atom stereocenters. The number of aliphatic hydroxyl groups is 3. The topological polar surface area (TPSA) is 122 Å². The van der Waals surface area contributed by atoms with E-state index in [0.29, 0.717) is 5.69 Å². The molecule has 1 aliphatic rings. The largest absolute Gasteiger partial charge is 1.00 e. The molecule has 0 aromatic heterocycles. The summed E-state index contributed by atoms with van der Waals surface area (Å²) in [6.07, 6.45) is -7.88. The molecular weight excluding hydrogens is 349 g/mol. The van der Waals surface area contributed by atoms with Crippen molar-refractivity contribution in [1.82, 2.24) is 0 Å². The number of anilines is 1. The Balaban J connectivity index is 0.00000243. The summed E-state index contributed by atoms with van der Waals surface area (Å²) in [4.78, 5) is 11.0. The number of benzene rings is 2. The summed E-state index contributed by atoms with van der Waals surface area (Å²) in [5.41, 5.74) is 2.59. The second-order valence-corrected chi connectivity index (χ2v) is 5.86. The number of nitrogens with one attached hydrogen (secondary N) is 1. The van der Waals surface area contributed by atoms with Crippen LogP contribution >= 0.6 is 0 Å². The molecule has 0 saturated carbocycles. The zero-order valence-electron chi connectivity index (χ0n) is 14.1. The Kier molecular flexibility index (Phi) is 7.19. The number of hydrogen-bond acceptors (Lipinski definition) is 7. The van der Waals surface area contributed by atoms with Crippen LogP contribution in [0, 0.1) is 0 Å². The average molecular weight is 367 g/mol. The minimum absolute atomic E-state index is 0. The molecule has 0 bridgehead atoms. The van der Waals surface area contributed by atoms with Crippen molar-refractivity contribution < 1.29 is 59.5 Å². The molecule has 1 saturated heterocycles. The van der Waals surface area contributed by atoms with Crippen LogP contribution in [0.15, 0.2) is 54.6 Å². The Hall–Kier alpha value is -1.45. The third kappa shape index (κ3) is 4.44. The maximum atomic E-state index is 11.0. The number of carbonyl (C=O) groups excluding carboxylic acids is 1. The number of hydrogen-bond donors (Lipinski definition) is 4. The molecule has 0 spiro atoms. The summed E-state index contributed by atoms with van der Waals surface area (Å²) in [6, 6.07) is 16.9. The average Bonchev–Trinajstić information content (AvgIpc) is 2.63. The number of carboxylic acid groups (broad SMARTS) is 1. The molecule has 0 amide bonds. The van der Waals surface area contributed by atoms with Gasteiger partial charge >= 0.3 is 29.6 Å². The van der Waals surface area contributed by atoms with E-state index in [-0.39, 0.29) is 29.6 Å². The zero-order valence-corrected chi connectivity index (χ0v) is 16.1. The molecule has 26 heavy (non-hydrogen) atoms.